The first-order chi connectivity index (χ1) is 17.8. The number of hydrogen-bond acceptors (Lipinski definition) is 7. The fraction of sp³-hybridized carbons (Fsp3) is 0.207. The minimum absolute atomic E-state index is 0.0224. The molecule has 0 saturated carbocycles. The molecule has 4 aromatic rings. The van der Waals surface area contributed by atoms with Crippen molar-refractivity contribution in [2.75, 3.05) is 18.6 Å². The van der Waals surface area contributed by atoms with Gasteiger partial charge < -0.3 is 14.6 Å². The molecule has 0 bridgehead atoms. The Morgan fingerprint density at radius 2 is 1.81 bits per heavy atom. The molecular formula is C29H26N2O5S. The summed E-state index contributed by atoms with van der Waals surface area (Å²) in [7, 11) is 1.53. The van der Waals surface area contributed by atoms with Crippen molar-refractivity contribution >= 4 is 44.1 Å². The molecular weight excluding hydrogens is 488 g/mol. The van der Waals surface area contributed by atoms with Gasteiger partial charge >= 0.3 is 5.91 Å². The first kappa shape index (κ1) is 24.5. The van der Waals surface area contributed by atoms with Gasteiger partial charge in [-0.25, -0.2) is 4.98 Å². The Bertz CT molecular complexity index is 1550. The van der Waals surface area contributed by atoms with E-state index in [-0.39, 0.29) is 11.3 Å². The monoisotopic (exact) mass is 514 g/mol. The highest BCUT2D eigenvalue weighted by atomic mass is 32.1. The number of ketones is 1. The molecule has 1 aliphatic rings. The van der Waals surface area contributed by atoms with Crippen molar-refractivity contribution in [1.82, 2.24) is 4.98 Å². The fourth-order valence-corrected chi connectivity index (χ4v) is 5.88. The molecule has 0 unspecified atom stereocenters. The molecule has 7 nitrogen and oxygen atoms in total. The number of aliphatic hydroxyl groups excluding tert-OH is 1. The number of nitrogens with zero attached hydrogens (tertiary/aromatic N) is 2. The number of Topliss-reactive ketones (excluding diaryl/α,β-unsaturated/α-hetero) is 1. The first-order valence-corrected chi connectivity index (χ1v) is 12.7. The van der Waals surface area contributed by atoms with E-state index in [0.29, 0.717) is 34.4 Å². The summed E-state index contributed by atoms with van der Waals surface area (Å²) >= 11 is 1.34. The summed E-state index contributed by atoms with van der Waals surface area (Å²) in [6.07, 6.45) is 0. The van der Waals surface area contributed by atoms with E-state index < -0.39 is 17.7 Å². The van der Waals surface area contributed by atoms with Crippen molar-refractivity contribution in [2.24, 2.45) is 0 Å². The Hall–Kier alpha value is -4.17. The number of methoxy groups -OCH3 is 1. The number of amides is 1. The second kappa shape index (κ2) is 9.71. The summed E-state index contributed by atoms with van der Waals surface area (Å²) in [6.45, 7) is 6.36. The smallest absolute Gasteiger partial charge is 0.301 e. The van der Waals surface area contributed by atoms with Gasteiger partial charge in [0.15, 0.2) is 5.13 Å². The number of aromatic nitrogens is 1. The van der Waals surface area contributed by atoms with Crippen molar-refractivity contribution in [3.8, 4) is 11.5 Å². The number of carbonyl (C=O) groups is 2. The highest BCUT2D eigenvalue weighted by Gasteiger charge is 2.49. The van der Waals surface area contributed by atoms with Gasteiger partial charge in [0.1, 0.15) is 23.3 Å². The molecule has 0 radical (unpaired) electrons. The van der Waals surface area contributed by atoms with Crippen LogP contribution in [0.15, 0.2) is 66.2 Å². The molecule has 0 spiro atoms. The highest BCUT2D eigenvalue weighted by Crippen LogP contribution is 2.46. The summed E-state index contributed by atoms with van der Waals surface area (Å²) in [5, 5.41) is 11.8. The molecule has 5 rings (SSSR count). The van der Waals surface area contributed by atoms with Crippen LogP contribution in [0, 0.1) is 13.8 Å². The van der Waals surface area contributed by atoms with Crippen molar-refractivity contribution in [3.63, 3.8) is 0 Å². The molecule has 3 aromatic carbocycles. The van der Waals surface area contributed by atoms with Crippen LogP contribution in [0.5, 0.6) is 11.5 Å². The molecule has 1 saturated heterocycles. The van der Waals surface area contributed by atoms with E-state index in [2.05, 4.69) is 0 Å². The standard InChI is InChI=1S/C29H26N2O5S/c1-5-36-19-12-10-18(11-13-19)26(32)23-25(20-8-6-7-9-21(20)35-4)31(28(34)27(23)33)29-30-24-17(3)14-16(2)15-22(24)37-29/h6-15,25,32H,5H2,1-4H3/t25-/m0/s1. The van der Waals surface area contributed by atoms with Crippen LogP contribution in [0.25, 0.3) is 16.0 Å². The lowest BCUT2D eigenvalue weighted by Crippen LogP contribution is -2.29. The molecule has 1 aromatic heterocycles. The minimum Gasteiger partial charge on any atom is -0.507 e. The van der Waals surface area contributed by atoms with Crippen molar-refractivity contribution in [1.29, 1.82) is 0 Å². The van der Waals surface area contributed by atoms with E-state index in [9.17, 15) is 14.7 Å². The summed E-state index contributed by atoms with van der Waals surface area (Å²) in [5.41, 5.74) is 3.79. The Labute approximate surface area is 218 Å². The topological polar surface area (TPSA) is 89.0 Å². The van der Waals surface area contributed by atoms with E-state index in [1.54, 1.807) is 42.5 Å². The van der Waals surface area contributed by atoms with Crippen molar-refractivity contribution in [3.05, 3.63) is 88.5 Å². The molecule has 1 amide bonds. The summed E-state index contributed by atoms with van der Waals surface area (Å²) < 4.78 is 12.0. The molecule has 37 heavy (non-hydrogen) atoms. The zero-order chi connectivity index (χ0) is 26.3. The summed E-state index contributed by atoms with van der Waals surface area (Å²) in [6, 6.07) is 17.0. The normalized spacial score (nSPS) is 17.0. The number of aryl methyl sites for hydroxylation is 2. The van der Waals surface area contributed by atoms with E-state index in [4.69, 9.17) is 14.5 Å². The predicted molar refractivity (Wildman–Crippen MR) is 144 cm³/mol. The Balaban J connectivity index is 1.73. The van der Waals surface area contributed by atoms with Crippen molar-refractivity contribution in [2.45, 2.75) is 26.8 Å². The number of thiazole rings is 1. The van der Waals surface area contributed by atoms with Gasteiger partial charge in [0.05, 0.1) is 29.5 Å². The van der Waals surface area contributed by atoms with Gasteiger partial charge in [-0.15, -0.1) is 0 Å². The number of rotatable bonds is 6. The third-order valence-corrected chi connectivity index (χ3v) is 7.34. The molecule has 1 fully saturated rings. The van der Waals surface area contributed by atoms with Gasteiger partial charge in [0.2, 0.25) is 0 Å². The number of para-hydroxylation sites is 1. The largest absolute Gasteiger partial charge is 0.507 e. The van der Waals surface area contributed by atoms with Crippen LogP contribution >= 0.6 is 11.3 Å². The van der Waals surface area contributed by atoms with Gasteiger partial charge in [0, 0.05) is 11.1 Å². The van der Waals surface area contributed by atoms with Crippen LogP contribution in [0.4, 0.5) is 5.13 Å². The third-order valence-electron chi connectivity index (χ3n) is 6.34. The zero-order valence-corrected chi connectivity index (χ0v) is 21.8. The first-order valence-electron chi connectivity index (χ1n) is 11.9. The number of anilines is 1. The highest BCUT2D eigenvalue weighted by molar-refractivity contribution is 7.22. The molecule has 8 heteroatoms. The maximum Gasteiger partial charge on any atom is 0.301 e. The maximum atomic E-state index is 13.5. The molecule has 2 heterocycles. The minimum atomic E-state index is -0.926. The van der Waals surface area contributed by atoms with Gasteiger partial charge in [-0.05, 0) is 68.3 Å². The Morgan fingerprint density at radius 3 is 2.51 bits per heavy atom. The SMILES string of the molecule is CCOc1ccc(C(O)=C2C(=O)C(=O)N(c3nc4c(C)cc(C)cc4s3)[C@H]2c2ccccc2OC)cc1. The number of fused-ring (bicyclic) bond motifs is 1. The van der Waals surface area contributed by atoms with Gasteiger partial charge in [0.25, 0.3) is 5.78 Å². The third kappa shape index (κ3) is 4.23. The van der Waals surface area contributed by atoms with Gasteiger partial charge in [-0.1, -0.05) is 35.6 Å². The zero-order valence-electron chi connectivity index (χ0n) is 20.9. The maximum absolute atomic E-state index is 13.5. The van der Waals surface area contributed by atoms with Crippen LogP contribution in [0.2, 0.25) is 0 Å². The molecule has 0 aliphatic carbocycles. The lowest BCUT2D eigenvalue weighted by atomic mass is 9.94. The lowest BCUT2D eigenvalue weighted by Gasteiger charge is -2.24. The van der Waals surface area contributed by atoms with Crippen LogP contribution in [0.1, 0.15) is 35.2 Å². The lowest BCUT2D eigenvalue weighted by molar-refractivity contribution is -0.132. The summed E-state index contributed by atoms with van der Waals surface area (Å²) in [4.78, 5) is 33.2. The average Bonchev–Trinajstić information content (AvgIpc) is 3.42. The van der Waals surface area contributed by atoms with Crippen molar-refractivity contribution < 1.29 is 24.2 Å². The number of carbonyl (C=O) groups excluding carboxylic acids is 2. The molecule has 188 valence electrons. The fourth-order valence-electron chi connectivity index (χ4n) is 4.71. The Morgan fingerprint density at radius 1 is 1.08 bits per heavy atom. The number of hydrogen-bond donors (Lipinski definition) is 1. The average molecular weight is 515 g/mol. The number of benzene rings is 3. The molecule has 1 atom stereocenters. The van der Waals surface area contributed by atoms with Crippen LogP contribution in [0.3, 0.4) is 0 Å². The van der Waals surface area contributed by atoms with Crippen LogP contribution < -0.4 is 14.4 Å². The van der Waals surface area contributed by atoms with Gasteiger partial charge in [-0.2, -0.15) is 0 Å². The second-order valence-electron chi connectivity index (χ2n) is 8.79. The van der Waals surface area contributed by atoms with E-state index in [1.165, 1.54) is 23.3 Å². The van der Waals surface area contributed by atoms with E-state index in [1.807, 2.05) is 39.0 Å². The van der Waals surface area contributed by atoms with Crippen LogP contribution in [-0.4, -0.2) is 35.5 Å². The van der Waals surface area contributed by atoms with Crippen LogP contribution in [-0.2, 0) is 9.59 Å². The number of ether oxygens (including phenoxy) is 2. The molecule has 1 N–H and O–H groups in total. The quantitative estimate of drug-likeness (QED) is 0.194. The van der Waals surface area contributed by atoms with E-state index in [0.717, 1.165) is 21.3 Å². The molecule has 1 aliphatic heterocycles. The number of aliphatic hydroxyl groups is 1. The van der Waals surface area contributed by atoms with Gasteiger partial charge in [-0.3, -0.25) is 14.5 Å². The van der Waals surface area contributed by atoms with E-state index >= 15 is 0 Å². The second-order valence-corrected chi connectivity index (χ2v) is 9.80. The summed E-state index contributed by atoms with van der Waals surface area (Å²) in [5.74, 6) is -0.676. The predicted octanol–water partition coefficient (Wildman–Crippen LogP) is 5.95. The Kier molecular flexibility index (Phi) is 6.43.